The van der Waals surface area contributed by atoms with E-state index < -0.39 is 0 Å². The lowest BCUT2D eigenvalue weighted by atomic mass is 10.1. The van der Waals surface area contributed by atoms with Gasteiger partial charge in [0.2, 0.25) is 0 Å². The SMILES string of the molecule is c1csc(-c2cncc3[nH]c(-c4n[nH]c5cnc(-c6cn[nH]c6)cc45)cc23)c1. The number of aromatic amines is 3. The second kappa shape index (κ2) is 5.86. The van der Waals surface area contributed by atoms with Gasteiger partial charge in [-0.15, -0.1) is 11.3 Å². The molecule has 6 aromatic rings. The van der Waals surface area contributed by atoms with Gasteiger partial charge < -0.3 is 4.98 Å². The van der Waals surface area contributed by atoms with Gasteiger partial charge in [-0.3, -0.25) is 20.2 Å². The molecule has 0 fully saturated rings. The number of nitrogens with zero attached hydrogens (tertiary/aromatic N) is 4. The molecule has 0 aliphatic heterocycles. The minimum atomic E-state index is 0.848. The first-order valence-corrected chi connectivity index (χ1v) is 9.59. The van der Waals surface area contributed by atoms with Crippen LogP contribution < -0.4 is 0 Å². The maximum absolute atomic E-state index is 4.54. The summed E-state index contributed by atoms with van der Waals surface area (Å²) in [7, 11) is 0. The van der Waals surface area contributed by atoms with Crippen LogP contribution in [0.15, 0.2) is 60.6 Å². The number of hydrogen-bond acceptors (Lipinski definition) is 5. The molecule has 8 heteroatoms. The smallest absolute Gasteiger partial charge is 0.116 e. The Labute approximate surface area is 162 Å². The van der Waals surface area contributed by atoms with E-state index in [0.717, 1.165) is 50.0 Å². The predicted molar refractivity (Wildman–Crippen MR) is 110 cm³/mol. The molecule has 0 saturated heterocycles. The first-order valence-electron chi connectivity index (χ1n) is 8.71. The largest absolute Gasteiger partial charge is 0.352 e. The molecule has 0 unspecified atom stereocenters. The Hall–Kier alpha value is -3.78. The Morgan fingerprint density at radius 3 is 2.82 bits per heavy atom. The van der Waals surface area contributed by atoms with E-state index in [1.807, 2.05) is 24.7 Å². The molecule has 134 valence electrons. The summed E-state index contributed by atoms with van der Waals surface area (Å²) in [5.41, 5.74) is 6.58. The van der Waals surface area contributed by atoms with Crippen molar-refractivity contribution >= 4 is 33.1 Å². The summed E-state index contributed by atoms with van der Waals surface area (Å²) in [4.78, 5) is 13.6. The number of thiophene rings is 1. The van der Waals surface area contributed by atoms with Crippen LogP contribution in [0.5, 0.6) is 0 Å². The van der Waals surface area contributed by atoms with Gasteiger partial charge in [-0.25, -0.2) is 0 Å². The lowest BCUT2D eigenvalue weighted by molar-refractivity contribution is 1.09. The summed E-state index contributed by atoms with van der Waals surface area (Å²) in [6, 6.07) is 8.33. The molecule has 6 aromatic heterocycles. The summed E-state index contributed by atoms with van der Waals surface area (Å²) in [5.74, 6) is 0. The van der Waals surface area contributed by atoms with Gasteiger partial charge in [-0.1, -0.05) is 6.07 Å². The Bertz CT molecular complexity index is 1410. The van der Waals surface area contributed by atoms with Crippen LogP contribution in [0.1, 0.15) is 0 Å². The fourth-order valence-electron chi connectivity index (χ4n) is 3.48. The van der Waals surface area contributed by atoms with E-state index in [-0.39, 0.29) is 0 Å². The van der Waals surface area contributed by atoms with E-state index in [0.29, 0.717) is 0 Å². The van der Waals surface area contributed by atoms with Crippen LogP contribution in [0.2, 0.25) is 0 Å². The molecule has 7 nitrogen and oxygen atoms in total. The maximum Gasteiger partial charge on any atom is 0.116 e. The number of hydrogen-bond donors (Lipinski definition) is 3. The summed E-state index contributed by atoms with van der Waals surface area (Å²) in [6.45, 7) is 0. The van der Waals surface area contributed by atoms with Crippen LogP contribution in [0.4, 0.5) is 0 Å². The van der Waals surface area contributed by atoms with Crippen LogP contribution in [-0.4, -0.2) is 35.3 Å². The predicted octanol–water partition coefficient (Wildman–Crippen LogP) is 4.62. The highest BCUT2D eigenvalue weighted by Crippen LogP contribution is 2.35. The molecule has 0 saturated carbocycles. The Kier molecular flexibility index (Phi) is 3.20. The number of fused-ring (bicyclic) bond motifs is 2. The van der Waals surface area contributed by atoms with Crippen molar-refractivity contribution in [1.29, 1.82) is 0 Å². The fraction of sp³-hybridized carbons (Fsp3) is 0. The first-order chi connectivity index (χ1) is 13.9. The molecule has 6 rings (SSSR count). The number of nitrogens with one attached hydrogen (secondary N) is 3. The van der Waals surface area contributed by atoms with E-state index in [4.69, 9.17) is 0 Å². The van der Waals surface area contributed by atoms with Crippen LogP contribution in [0.25, 0.3) is 54.9 Å². The van der Waals surface area contributed by atoms with Gasteiger partial charge in [0.1, 0.15) is 5.69 Å². The fourth-order valence-corrected chi connectivity index (χ4v) is 4.23. The standard InChI is InChI=1S/C20H13N7S/c1-2-19(28-3-1)14-8-21-9-17-12(14)4-16(25-17)20-13-5-15(11-6-23-24-7-11)22-10-18(13)26-27-20/h1-10,25H,(H,23,24)(H,26,27). The average molecular weight is 383 g/mol. The van der Waals surface area contributed by atoms with Gasteiger partial charge in [0, 0.05) is 39.2 Å². The normalized spacial score (nSPS) is 11.6. The van der Waals surface area contributed by atoms with E-state index in [1.54, 1.807) is 23.7 Å². The minimum absolute atomic E-state index is 0.848. The number of aromatic nitrogens is 7. The molecule has 0 aliphatic carbocycles. The Morgan fingerprint density at radius 1 is 0.964 bits per heavy atom. The Morgan fingerprint density at radius 2 is 1.96 bits per heavy atom. The average Bonchev–Trinajstić information content (AvgIpc) is 3.53. The third-order valence-electron chi connectivity index (χ3n) is 4.83. The van der Waals surface area contributed by atoms with Crippen molar-refractivity contribution in [1.82, 2.24) is 35.3 Å². The molecule has 0 bridgehead atoms. The Balaban J connectivity index is 1.55. The molecule has 0 radical (unpaired) electrons. The van der Waals surface area contributed by atoms with Crippen molar-refractivity contribution < 1.29 is 0 Å². The van der Waals surface area contributed by atoms with Crippen molar-refractivity contribution in [3.05, 3.63) is 60.6 Å². The molecular weight excluding hydrogens is 370 g/mol. The molecule has 28 heavy (non-hydrogen) atoms. The van der Waals surface area contributed by atoms with Crippen LogP contribution in [-0.2, 0) is 0 Å². The first kappa shape index (κ1) is 15.3. The van der Waals surface area contributed by atoms with Gasteiger partial charge >= 0.3 is 0 Å². The zero-order valence-corrected chi connectivity index (χ0v) is 15.3. The second-order valence-corrected chi connectivity index (χ2v) is 7.43. The lowest BCUT2D eigenvalue weighted by Crippen LogP contribution is -1.82. The maximum atomic E-state index is 4.54. The summed E-state index contributed by atoms with van der Waals surface area (Å²) in [6.07, 6.45) is 9.15. The highest BCUT2D eigenvalue weighted by atomic mass is 32.1. The van der Waals surface area contributed by atoms with Crippen molar-refractivity contribution in [3.63, 3.8) is 0 Å². The molecule has 0 atom stereocenters. The van der Waals surface area contributed by atoms with Crippen molar-refractivity contribution in [3.8, 4) is 33.1 Å². The monoisotopic (exact) mass is 383 g/mol. The zero-order valence-electron chi connectivity index (χ0n) is 14.5. The van der Waals surface area contributed by atoms with Crippen LogP contribution in [0, 0.1) is 0 Å². The molecule has 3 N–H and O–H groups in total. The molecule has 0 aliphatic rings. The van der Waals surface area contributed by atoms with Gasteiger partial charge in [0.15, 0.2) is 0 Å². The summed E-state index contributed by atoms with van der Waals surface area (Å²) in [5, 5.41) is 18.7. The summed E-state index contributed by atoms with van der Waals surface area (Å²) >= 11 is 1.71. The van der Waals surface area contributed by atoms with Gasteiger partial charge in [-0.2, -0.15) is 10.2 Å². The van der Waals surface area contributed by atoms with Gasteiger partial charge in [-0.05, 0) is 23.6 Å². The number of pyridine rings is 2. The zero-order chi connectivity index (χ0) is 18.5. The molecule has 6 heterocycles. The van der Waals surface area contributed by atoms with Gasteiger partial charge in [0.25, 0.3) is 0 Å². The number of rotatable bonds is 3. The van der Waals surface area contributed by atoms with Crippen LogP contribution in [0.3, 0.4) is 0 Å². The minimum Gasteiger partial charge on any atom is -0.352 e. The van der Waals surface area contributed by atoms with E-state index in [1.165, 1.54) is 4.88 Å². The van der Waals surface area contributed by atoms with E-state index >= 15 is 0 Å². The molecular formula is C20H13N7S. The topological polar surface area (TPSA) is 98.9 Å². The third-order valence-corrected chi connectivity index (χ3v) is 5.73. The number of H-pyrrole nitrogens is 3. The lowest BCUT2D eigenvalue weighted by Gasteiger charge is -1.98. The second-order valence-electron chi connectivity index (χ2n) is 6.48. The van der Waals surface area contributed by atoms with Crippen LogP contribution >= 0.6 is 11.3 Å². The van der Waals surface area contributed by atoms with Crippen molar-refractivity contribution in [2.45, 2.75) is 0 Å². The van der Waals surface area contributed by atoms with E-state index in [9.17, 15) is 0 Å². The molecule has 0 aromatic carbocycles. The van der Waals surface area contributed by atoms with Gasteiger partial charge in [0.05, 0.1) is 41.0 Å². The molecule has 0 amide bonds. The summed E-state index contributed by atoms with van der Waals surface area (Å²) < 4.78 is 0. The highest BCUT2D eigenvalue weighted by Gasteiger charge is 2.15. The van der Waals surface area contributed by atoms with E-state index in [2.05, 4.69) is 58.9 Å². The quantitative estimate of drug-likeness (QED) is 0.415. The van der Waals surface area contributed by atoms with Crippen molar-refractivity contribution in [2.24, 2.45) is 0 Å². The van der Waals surface area contributed by atoms with Crippen molar-refractivity contribution in [2.75, 3.05) is 0 Å². The molecule has 0 spiro atoms. The third kappa shape index (κ3) is 2.28. The highest BCUT2D eigenvalue weighted by molar-refractivity contribution is 7.13.